The summed E-state index contributed by atoms with van der Waals surface area (Å²) >= 11 is 0. The molecule has 4 heterocycles. The number of nitrogens with zero attached hydrogens (tertiary/aromatic N) is 2. The van der Waals surface area contributed by atoms with Crippen molar-refractivity contribution >= 4 is 11.6 Å². The molecule has 5 nitrogen and oxygen atoms in total. The number of hydrogen-bond acceptors (Lipinski definition) is 4. The lowest BCUT2D eigenvalue weighted by atomic mass is 9.67. The minimum Gasteiger partial charge on any atom is -0.381 e. The fourth-order valence-electron chi connectivity index (χ4n) is 6.43. The average molecular weight is 398 g/mol. The molecule has 5 rings (SSSR count). The molecule has 5 heteroatoms. The van der Waals surface area contributed by atoms with Gasteiger partial charge in [-0.15, -0.1) is 0 Å². The van der Waals surface area contributed by atoms with Gasteiger partial charge in [0.15, 0.2) is 0 Å². The van der Waals surface area contributed by atoms with E-state index >= 15 is 0 Å². The van der Waals surface area contributed by atoms with Crippen molar-refractivity contribution in [1.29, 1.82) is 0 Å². The summed E-state index contributed by atoms with van der Waals surface area (Å²) in [5.41, 5.74) is 3.67. The van der Waals surface area contributed by atoms with Gasteiger partial charge >= 0.3 is 0 Å². The van der Waals surface area contributed by atoms with Crippen LogP contribution in [0, 0.1) is 12.3 Å². The van der Waals surface area contributed by atoms with Gasteiger partial charge in [0, 0.05) is 49.9 Å². The van der Waals surface area contributed by atoms with E-state index in [1.807, 2.05) is 0 Å². The Morgan fingerprint density at radius 3 is 2.83 bits per heavy atom. The van der Waals surface area contributed by atoms with Gasteiger partial charge in [0.05, 0.1) is 12.0 Å². The van der Waals surface area contributed by atoms with Crippen LogP contribution in [0.4, 0.5) is 5.69 Å². The lowest BCUT2D eigenvalue weighted by Crippen LogP contribution is -2.43. The van der Waals surface area contributed by atoms with E-state index in [2.05, 4.69) is 47.2 Å². The number of rotatable bonds is 3. The van der Waals surface area contributed by atoms with Gasteiger partial charge in [-0.2, -0.15) is 0 Å². The summed E-state index contributed by atoms with van der Waals surface area (Å²) in [7, 11) is 0. The summed E-state index contributed by atoms with van der Waals surface area (Å²) in [6.07, 6.45) is 5.74. The first-order valence-corrected chi connectivity index (χ1v) is 11.6. The molecule has 2 unspecified atom stereocenters. The number of likely N-dealkylation sites (tertiary alicyclic amines) is 1. The molecule has 0 aromatic heterocycles. The van der Waals surface area contributed by atoms with Gasteiger partial charge in [-0.25, -0.2) is 0 Å². The third kappa shape index (κ3) is 3.27. The van der Waals surface area contributed by atoms with Crippen molar-refractivity contribution in [2.24, 2.45) is 5.41 Å². The maximum Gasteiger partial charge on any atom is 0.227 e. The SMILES string of the molecule is Cc1cc(N2CC[C@@H](N3CCC[C@@H]3C)C2)ccc1C1COCCC12CCNC2=O. The monoisotopic (exact) mass is 397 g/mol. The van der Waals surface area contributed by atoms with Crippen molar-refractivity contribution in [3.63, 3.8) is 0 Å². The molecule has 0 radical (unpaired) electrons. The zero-order valence-corrected chi connectivity index (χ0v) is 18.0. The van der Waals surface area contributed by atoms with Crippen molar-refractivity contribution in [3.05, 3.63) is 29.3 Å². The average Bonchev–Trinajstić information content (AvgIpc) is 3.44. The van der Waals surface area contributed by atoms with Crippen LogP contribution in [0.2, 0.25) is 0 Å². The number of benzene rings is 1. The van der Waals surface area contributed by atoms with Crippen LogP contribution in [0.25, 0.3) is 0 Å². The molecule has 29 heavy (non-hydrogen) atoms. The number of amides is 1. The summed E-state index contributed by atoms with van der Waals surface area (Å²) in [6, 6.07) is 8.35. The molecule has 0 bridgehead atoms. The molecule has 4 fully saturated rings. The fourth-order valence-corrected chi connectivity index (χ4v) is 6.43. The number of carbonyl (C=O) groups is 1. The van der Waals surface area contributed by atoms with Crippen molar-refractivity contribution < 1.29 is 9.53 Å². The molecular formula is C24H35N3O2. The predicted octanol–water partition coefficient (Wildman–Crippen LogP) is 3.07. The van der Waals surface area contributed by atoms with Crippen LogP contribution in [0.3, 0.4) is 0 Å². The summed E-state index contributed by atoms with van der Waals surface area (Å²) in [6.45, 7) is 10.3. The van der Waals surface area contributed by atoms with Crippen molar-refractivity contribution in [3.8, 4) is 0 Å². The van der Waals surface area contributed by atoms with Crippen molar-refractivity contribution in [2.75, 3.05) is 44.3 Å². The molecule has 1 spiro atoms. The Hall–Kier alpha value is -1.59. The van der Waals surface area contributed by atoms with Gasteiger partial charge in [-0.1, -0.05) is 6.07 Å². The highest BCUT2D eigenvalue weighted by atomic mass is 16.5. The summed E-state index contributed by atoms with van der Waals surface area (Å²) in [5, 5.41) is 3.08. The Morgan fingerprint density at radius 1 is 1.21 bits per heavy atom. The van der Waals surface area contributed by atoms with Crippen LogP contribution in [-0.4, -0.2) is 62.3 Å². The lowest BCUT2D eigenvalue weighted by molar-refractivity contribution is -0.134. The molecule has 4 saturated heterocycles. The molecule has 0 saturated carbocycles. The largest absolute Gasteiger partial charge is 0.381 e. The molecule has 4 atom stereocenters. The molecule has 158 valence electrons. The zero-order chi connectivity index (χ0) is 20.0. The molecule has 0 aliphatic carbocycles. The Labute approximate surface area is 174 Å². The maximum atomic E-state index is 12.7. The molecule has 1 N–H and O–H groups in total. The second-order valence-electron chi connectivity index (χ2n) is 9.70. The summed E-state index contributed by atoms with van der Waals surface area (Å²) in [4.78, 5) is 18.0. The number of carbonyl (C=O) groups excluding carboxylic acids is 1. The molecule has 4 aliphatic rings. The molecular weight excluding hydrogens is 362 g/mol. The van der Waals surface area contributed by atoms with Crippen LogP contribution in [0.15, 0.2) is 18.2 Å². The Bertz CT molecular complexity index is 781. The van der Waals surface area contributed by atoms with E-state index in [1.165, 1.54) is 42.6 Å². The number of anilines is 1. The van der Waals surface area contributed by atoms with E-state index in [0.717, 1.165) is 38.5 Å². The number of ether oxygens (including phenoxy) is 1. The standard InChI is InChI=1S/C24H35N3O2/c1-17-14-19(26-12-7-20(15-26)27-11-3-4-18(27)2)5-6-21(17)22-16-29-13-9-24(22)8-10-25-23(24)28/h5-6,14,18,20,22H,3-4,7-13,15-16H2,1-2H3,(H,25,28)/t18-,20+,22?,24?/m0/s1. The van der Waals surface area contributed by atoms with Crippen LogP contribution in [-0.2, 0) is 9.53 Å². The topological polar surface area (TPSA) is 44.8 Å². The van der Waals surface area contributed by atoms with Crippen LogP contribution >= 0.6 is 0 Å². The van der Waals surface area contributed by atoms with Crippen LogP contribution in [0.1, 0.15) is 56.1 Å². The number of aryl methyl sites for hydroxylation is 1. The third-order valence-corrected chi connectivity index (χ3v) is 8.18. The highest BCUT2D eigenvalue weighted by molar-refractivity contribution is 5.86. The van der Waals surface area contributed by atoms with Crippen LogP contribution < -0.4 is 10.2 Å². The van der Waals surface area contributed by atoms with Gasteiger partial charge in [-0.05, 0) is 75.8 Å². The first-order chi connectivity index (χ1) is 14.1. The molecule has 4 aliphatic heterocycles. The molecule has 1 aromatic rings. The minimum absolute atomic E-state index is 0.171. The van der Waals surface area contributed by atoms with Gasteiger partial charge in [0.1, 0.15) is 0 Å². The highest BCUT2D eigenvalue weighted by Crippen LogP contribution is 2.48. The fraction of sp³-hybridized carbons (Fsp3) is 0.708. The summed E-state index contributed by atoms with van der Waals surface area (Å²) < 4.78 is 5.84. The maximum absolute atomic E-state index is 12.7. The van der Waals surface area contributed by atoms with E-state index < -0.39 is 0 Å². The zero-order valence-electron chi connectivity index (χ0n) is 18.0. The number of hydrogen-bond donors (Lipinski definition) is 1. The Balaban J connectivity index is 1.35. The molecule has 1 aromatic carbocycles. The van der Waals surface area contributed by atoms with Gasteiger partial charge < -0.3 is 15.0 Å². The number of nitrogens with one attached hydrogen (secondary N) is 1. The van der Waals surface area contributed by atoms with E-state index in [-0.39, 0.29) is 17.2 Å². The van der Waals surface area contributed by atoms with Crippen LogP contribution in [0.5, 0.6) is 0 Å². The summed E-state index contributed by atoms with van der Waals surface area (Å²) in [5.74, 6) is 0.404. The minimum atomic E-state index is -0.269. The van der Waals surface area contributed by atoms with Crippen molar-refractivity contribution in [1.82, 2.24) is 10.2 Å². The van der Waals surface area contributed by atoms with Gasteiger partial charge in [0.2, 0.25) is 5.91 Å². The Morgan fingerprint density at radius 2 is 2.10 bits per heavy atom. The smallest absolute Gasteiger partial charge is 0.227 e. The van der Waals surface area contributed by atoms with E-state index in [4.69, 9.17) is 4.74 Å². The quantitative estimate of drug-likeness (QED) is 0.851. The van der Waals surface area contributed by atoms with E-state index in [9.17, 15) is 4.79 Å². The third-order valence-electron chi connectivity index (χ3n) is 8.18. The van der Waals surface area contributed by atoms with Gasteiger partial charge in [0.25, 0.3) is 0 Å². The second kappa shape index (κ2) is 7.59. The first kappa shape index (κ1) is 19.4. The predicted molar refractivity (Wildman–Crippen MR) is 115 cm³/mol. The van der Waals surface area contributed by atoms with Crippen molar-refractivity contribution in [2.45, 2.75) is 64.0 Å². The normalized spacial score (nSPS) is 35.6. The van der Waals surface area contributed by atoms with E-state index in [1.54, 1.807) is 0 Å². The van der Waals surface area contributed by atoms with Gasteiger partial charge in [-0.3, -0.25) is 9.69 Å². The van der Waals surface area contributed by atoms with E-state index in [0.29, 0.717) is 19.3 Å². The first-order valence-electron chi connectivity index (χ1n) is 11.6. The lowest BCUT2D eigenvalue weighted by Gasteiger charge is -2.40. The second-order valence-corrected chi connectivity index (χ2v) is 9.70. The Kier molecular flexibility index (Phi) is 5.07. The highest BCUT2D eigenvalue weighted by Gasteiger charge is 2.51. The molecule has 1 amide bonds.